The van der Waals surface area contributed by atoms with Crippen LogP contribution in [0.15, 0.2) is 22.7 Å². The maximum absolute atomic E-state index is 12.1. The molecule has 4 heteroatoms. The Bertz CT molecular complexity index is 363. The number of carbonyl (C=O) groups is 1. The van der Waals surface area contributed by atoms with Gasteiger partial charge in [-0.3, -0.25) is 4.79 Å². The molecule has 0 radical (unpaired) electrons. The molecule has 0 aromatic heterocycles. The average molecular weight is 226 g/mol. The fourth-order valence-electron chi connectivity index (χ4n) is 2.00. The molecule has 90 valence electrons. The Morgan fingerprint density at radius 2 is 1.81 bits per heavy atom. The lowest BCUT2D eigenvalue weighted by molar-refractivity contribution is -0.116. The van der Waals surface area contributed by atoms with Crippen molar-refractivity contribution in [2.75, 3.05) is 14.2 Å². The van der Waals surface area contributed by atoms with Crippen molar-refractivity contribution >= 4 is 5.78 Å². The molecular formula is C12H18O4. The van der Waals surface area contributed by atoms with E-state index in [0.717, 1.165) is 0 Å². The summed E-state index contributed by atoms with van der Waals surface area (Å²) in [6.45, 7) is 5.56. The normalized spacial score (nSPS) is 21.9. The first-order valence-electron chi connectivity index (χ1n) is 5.21. The highest BCUT2D eigenvalue weighted by molar-refractivity contribution is 6.09. The number of carbonyl (C=O) groups excluding carboxylic acids is 1. The Kier molecular flexibility index (Phi) is 3.75. The van der Waals surface area contributed by atoms with Crippen molar-refractivity contribution in [1.29, 1.82) is 0 Å². The number of methoxy groups -OCH3 is 2. The highest BCUT2D eigenvalue weighted by Gasteiger charge is 2.35. The second-order valence-corrected chi connectivity index (χ2v) is 4.08. The number of hydrogen-bond donors (Lipinski definition) is 1. The van der Waals surface area contributed by atoms with Crippen LogP contribution < -0.4 is 0 Å². The van der Waals surface area contributed by atoms with Crippen LogP contribution in [0.25, 0.3) is 0 Å². The van der Waals surface area contributed by atoms with Gasteiger partial charge in [-0.25, -0.2) is 0 Å². The Hall–Kier alpha value is -1.29. The van der Waals surface area contributed by atoms with Crippen LogP contribution in [0.4, 0.5) is 0 Å². The summed E-state index contributed by atoms with van der Waals surface area (Å²) in [4.78, 5) is 12.1. The van der Waals surface area contributed by atoms with Gasteiger partial charge in [-0.15, -0.1) is 0 Å². The molecule has 0 fully saturated rings. The van der Waals surface area contributed by atoms with Crippen LogP contribution in [-0.2, 0) is 14.3 Å². The molecule has 0 saturated carbocycles. The third-order valence-corrected chi connectivity index (χ3v) is 2.76. The minimum atomic E-state index is -0.893. The third-order valence-electron chi connectivity index (χ3n) is 2.76. The monoisotopic (exact) mass is 226 g/mol. The lowest BCUT2D eigenvalue weighted by atomic mass is 9.85. The van der Waals surface area contributed by atoms with E-state index >= 15 is 0 Å². The Morgan fingerprint density at radius 1 is 1.25 bits per heavy atom. The molecule has 0 saturated heterocycles. The maximum Gasteiger partial charge on any atom is 0.227 e. The lowest BCUT2D eigenvalue weighted by Crippen LogP contribution is -2.30. The zero-order valence-electron chi connectivity index (χ0n) is 10.3. The van der Waals surface area contributed by atoms with Gasteiger partial charge in [0.15, 0.2) is 5.76 Å². The van der Waals surface area contributed by atoms with Gasteiger partial charge in [0, 0.05) is 5.57 Å². The largest absolute Gasteiger partial charge is 0.494 e. The molecule has 0 aromatic carbocycles. The van der Waals surface area contributed by atoms with E-state index in [2.05, 4.69) is 0 Å². The van der Waals surface area contributed by atoms with E-state index in [9.17, 15) is 9.90 Å². The molecule has 1 unspecified atom stereocenters. The van der Waals surface area contributed by atoms with Gasteiger partial charge >= 0.3 is 0 Å². The maximum atomic E-state index is 12.1. The summed E-state index contributed by atoms with van der Waals surface area (Å²) < 4.78 is 10.0. The molecule has 1 atom stereocenters. The fourth-order valence-corrected chi connectivity index (χ4v) is 2.00. The molecule has 16 heavy (non-hydrogen) atoms. The van der Waals surface area contributed by atoms with Crippen molar-refractivity contribution in [3.05, 3.63) is 22.7 Å². The first kappa shape index (κ1) is 12.8. The van der Waals surface area contributed by atoms with Crippen molar-refractivity contribution in [3.63, 3.8) is 0 Å². The highest BCUT2D eigenvalue weighted by atomic mass is 16.5. The lowest BCUT2D eigenvalue weighted by Gasteiger charge is -2.27. The molecule has 0 bridgehead atoms. The van der Waals surface area contributed by atoms with Gasteiger partial charge in [0.1, 0.15) is 6.10 Å². The van der Waals surface area contributed by atoms with Crippen LogP contribution in [-0.4, -0.2) is 31.2 Å². The topological polar surface area (TPSA) is 55.8 Å². The third kappa shape index (κ3) is 1.85. The second-order valence-electron chi connectivity index (χ2n) is 4.08. The fraction of sp³-hybridized carbons (Fsp3) is 0.583. The molecule has 0 amide bonds. The van der Waals surface area contributed by atoms with Gasteiger partial charge in [-0.05, 0) is 18.4 Å². The standard InChI is InChI=1S/C12H18O4/c1-6(2)8-7(3)9(13)11(15-4)12(16-5)10(8)14/h6,9,13H,1-5H3. The van der Waals surface area contributed by atoms with Gasteiger partial charge in [0.05, 0.1) is 14.2 Å². The second kappa shape index (κ2) is 4.70. The summed E-state index contributed by atoms with van der Waals surface area (Å²) in [5.41, 5.74) is 1.24. The smallest absolute Gasteiger partial charge is 0.227 e. The number of hydrogen-bond acceptors (Lipinski definition) is 4. The summed E-state index contributed by atoms with van der Waals surface area (Å²) >= 11 is 0. The number of Topliss-reactive ketones (excluding diaryl/α,β-unsaturated/α-hetero) is 1. The van der Waals surface area contributed by atoms with E-state index in [1.54, 1.807) is 6.92 Å². The Morgan fingerprint density at radius 3 is 2.19 bits per heavy atom. The van der Waals surface area contributed by atoms with E-state index in [1.807, 2.05) is 13.8 Å². The summed E-state index contributed by atoms with van der Waals surface area (Å²) in [7, 11) is 2.82. The summed E-state index contributed by atoms with van der Waals surface area (Å²) in [5.74, 6) is 0.140. The van der Waals surface area contributed by atoms with E-state index in [4.69, 9.17) is 9.47 Å². The van der Waals surface area contributed by atoms with Crippen LogP contribution in [0.1, 0.15) is 20.8 Å². The molecule has 0 spiro atoms. The van der Waals surface area contributed by atoms with Crippen LogP contribution in [0.5, 0.6) is 0 Å². The SMILES string of the molecule is COC1=C(OC)C(O)C(C)=C(C(C)C)C1=O. The number of aliphatic hydroxyl groups excluding tert-OH is 1. The van der Waals surface area contributed by atoms with Crippen LogP contribution in [0, 0.1) is 5.92 Å². The number of aliphatic hydroxyl groups is 1. The average Bonchev–Trinajstić information content (AvgIpc) is 2.22. The molecule has 1 rings (SSSR count). The van der Waals surface area contributed by atoms with Crippen molar-refractivity contribution in [2.24, 2.45) is 5.92 Å². The number of ether oxygens (including phenoxy) is 2. The zero-order valence-corrected chi connectivity index (χ0v) is 10.3. The van der Waals surface area contributed by atoms with Crippen molar-refractivity contribution < 1.29 is 19.4 Å². The van der Waals surface area contributed by atoms with E-state index in [0.29, 0.717) is 11.1 Å². The zero-order chi connectivity index (χ0) is 12.5. The van der Waals surface area contributed by atoms with Crippen molar-refractivity contribution in [2.45, 2.75) is 26.9 Å². The minimum absolute atomic E-state index is 0.0470. The van der Waals surface area contributed by atoms with Crippen LogP contribution in [0.2, 0.25) is 0 Å². The molecule has 4 nitrogen and oxygen atoms in total. The predicted molar refractivity (Wildman–Crippen MR) is 59.6 cm³/mol. The van der Waals surface area contributed by atoms with E-state index in [-0.39, 0.29) is 23.2 Å². The molecular weight excluding hydrogens is 208 g/mol. The van der Waals surface area contributed by atoms with Gasteiger partial charge < -0.3 is 14.6 Å². The first-order chi connectivity index (χ1) is 7.45. The van der Waals surface area contributed by atoms with Crippen LogP contribution >= 0.6 is 0 Å². The summed E-state index contributed by atoms with van der Waals surface area (Å²) in [6, 6.07) is 0. The summed E-state index contributed by atoms with van der Waals surface area (Å²) in [6.07, 6.45) is -0.893. The van der Waals surface area contributed by atoms with Gasteiger partial charge in [-0.2, -0.15) is 0 Å². The molecule has 1 aliphatic rings. The quantitative estimate of drug-likeness (QED) is 0.790. The molecule has 1 aliphatic carbocycles. The van der Waals surface area contributed by atoms with E-state index < -0.39 is 6.10 Å². The highest BCUT2D eigenvalue weighted by Crippen LogP contribution is 2.32. The van der Waals surface area contributed by atoms with E-state index in [1.165, 1.54) is 14.2 Å². The Balaban J connectivity index is 3.30. The Labute approximate surface area is 95.6 Å². The molecule has 0 aliphatic heterocycles. The van der Waals surface area contributed by atoms with Crippen molar-refractivity contribution in [3.8, 4) is 0 Å². The van der Waals surface area contributed by atoms with Crippen molar-refractivity contribution in [1.82, 2.24) is 0 Å². The van der Waals surface area contributed by atoms with Gasteiger partial charge in [0.2, 0.25) is 11.5 Å². The summed E-state index contributed by atoms with van der Waals surface area (Å²) in [5, 5.41) is 10.0. The predicted octanol–water partition coefficient (Wildman–Crippen LogP) is 1.41. The number of ketones is 1. The van der Waals surface area contributed by atoms with Gasteiger partial charge in [-0.1, -0.05) is 13.8 Å². The minimum Gasteiger partial charge on any atom is -0.494 e. The number of rotatable bonds is 3. The first-order valence-corrected chi connectivity index (χ1v) is 5.21. The molecule has 1 N–H and O–H groups in total. The molecule has 0 heterocycles. The van der Waals surface area contributed by atoms with Crippen LogP contribution in [0.3, 0.4) is 0 Å². The number of allylic oxidation sites excluding steroid dienone is 1. The van der Waals surface area contributed by atoms with Gasteiger partial charge in [0.25, 0.3) is 0 Å². The molecule has 0 aromatic rings.